The zero-order valence-corrected chi connectivity index (χ0v) is 17.2. The highest BCUT2D eigenvalue weighted by molar-refractivity contribution is 14.0. The number of rotatable bonds is 5. The third-order valence-corrected chi connectivity index (χ3v) is 4.07. The summed E-state index contributed by atoms with van der Waals surface area (Å²) < 4.78 is 13.2. The number of nitrogens with one attached hydrogen (secondary N) is 3. The molecule has 0 atom stereocenters. The van der Waals surface area contributed by atoms with Crippen molar-refractivity contribution in [3.8, 4) is 0 Å². The van der Waals surface area contributed by atoms with E-state index in [2.05, 4.69) is 25.6 Å². The summed E-state index contributed by atoms with van der Waals surface area (Å²) in [5.41, 5.74) is 4.09. The maximum Gasteiger partial charge on any atom is 0.191 e. The molecule has 0 amide bonds. The van der Waals surface area contributed by atoms with Crippen LogP contribution >= 0.6 is 24.0 Å². The SMILES string of the molecule is CN=C(NCCc1c[nH]c2cc(F)ccc12)NCc1ccc(C)nc1.I. The van der Waals surface area contributed by atoms with Gasteiger partial charge >= 0.3 is 0 Å². The summed E-state index contributed by atoms with van der Waals surface area (Å²) in [5, 5.41) is 7.62. The molecule has 0 fully saturated rings. The molecule has 0 saturated carbocycles. The van der Waals surface area contributed by atoms with Gasteiger partial charge in [-0.3, -0.25) is 9.98 Å². The Morgan fingerprint density at radius 1 is 1.23 bits per heavy atom. The molecule has 26 heavy (non-hydrogen) atoms. The van der Waals surface area contributed by atoms with Gasteiger partial charge in [0.25, 0.3) is 0 Å². The van der Waals surface area contributed by atoms with Crippen LogP contribution in [0.2, 0.25) is 0 Å². The number of aryl methyl sites for hydroxylation is 1. The Hall–Kier alpha value is -2.16. The van der Waals surface area contributed by atoms with E-state index in [0.717, 1.165) is 46.6 Å². The molecular weight excluding hydrogens is 444 g/mol. The van der Waals surface area contributed by atoms with E-state index in [1.54, 1.807) is 7.05 Å². The minimum Gasteiger partial charge on any atom is -0.361 e. The predicted molar refractivity (Wildman–Crippen MR) is 115 cm³/mol. The first-order chi connectivity index (χ1) is 12.2. The highest BCUT2D eigenvalue weighted by Crippen LogP contribution is 2.19. The van der Waals surface area contributed by atoms with Crippen LogP contribution in [-0.2, 0) is 13.0 Å². The van der Waals surface area contributed by atoms with Crippen LogP contribution in [0.5, 0.6) is 0 Å². The van der Waals surface area contributed by atoms with E-state index in [-0.39, 0.29) is 29.8 Å². The number of fused-ring (bicyclic) bond motifs is 1. The van der Waals surface area contributed by atoms with Crippen molar-refractivity contribution in [3.63, 3.8) is 0 Å². The van der Waals surface area contributed by atoms with E-state index < -0.39 is 0 Å². The van der Waals surface area contributed by atoms with Crippen LogP contribution in [0.4, 0.5) is 4.39 Å². The highest BCUT2D eigenvalue weighted by Gasteiger charge is 2.05. The molecule has 1 aromatic carbocycles. The lowest BCUT2D eigenvalue weighted by atomic mass is 10.1. The van der Waals surface area contributed by atoms with Crippen molar-refractivity contribution in [2.24, 2.45) is 4.99 Å². The number of aromatic nitrogens is 2. The van der Waals surface area contributed by atoms with Crippen molar-refractivity contribution >= 4 is 40.8 Å². The number of hydrogen-bond donors (Lipinski definition) is 3. The van der Waals surface area contributed by atoms with Gasteiger partial charge in [-0.1, -0.05) is 6.07 Å². The van der Waals surface area contributed by atoms with Crippen LogP contribution in [0.15, 0.2) is 47.7 Å². The second kappa shape index (κ2) is 9.51. The summed E-state index contributed by atoms with van der Waals surface area (Å²) in [5.74, 6) is 0.515. The normalized spacial score (nSPS) is 11.3. The lowest BCUT2D eigenvalue weighted by molar-refractivity contribution is 0.629. The van der Waals surface area contributed by atoms with Gasteiger partial charge in [-0.05, 0) is 48.7 Å². The van der Waals surface area contributed by atoms with Gasteiger partial charge in [-0.15, -0.1) is 24.0 Å². The average molecular weight is 467 g/mol. The summed E-state index contributed by atoms with van der Waals surface area (Å²) in [7, 11) is 1.75. The van der Waals surface area contributed by atoms with Crippen LogP contribution < -0.4 is 10.6 Å². The van der Waals surface area contributed by atoms with Crippen LogP contribution in [0.1, 0.15) is 16.8 Å². The van der Waals surface area contributed by atoms with Crippen LogP contribution in [0, 0.1) is 12.7 Å². The molecular formula is C19H23FIN5. The lowest BCUT2D eigenvalue weighted by Crippen LogP contribution is -2.37. The smallest absolute Gasteiger partial charge is 0.191 e. The molecule has 0 aliphatic heterocycles. The first-order valence-corrected chi connectivity index (χ1v) is 8.27. The molecule has 7 heteroatoms. The minimum atomic E-state index is -0.228. The number of hydrogen-bond acceptors (Lipinski definition) is 2. The third-order valence-electron chi connectivity index (χ3n) is 4.07. The van der Waals surface area contributed by atoms with Gasteiger partial charge in [0, 0.05) is 49.1 Å². The topological polar surface area (TPSA) is 65.1 Å². The number of nitrogens with zero attached hydrogens (tertiary/aromatic N) is 2. The van der Waals surface area contributed by atoms with E-state index in [9.17, 15) is 4.39 Å². The zero-order chi connectivity index (χ0) is 17.6. The van der Waals surface area contributed by atoms with E-state index in [0.29, 0.717) is 6.54 Å². The number of aromatic amines is 1. The van der Waals surface area contributed by atoms with Gasteiger partial charge in [0.2, 0.25) is 0 Å². The quantitative estimate of drug-likeness (QED) is 0.306. The molecule has 0 saturated heterocycles. The van der Waals surface area contributed by atoms with E-state index in [1.165, 1.54) is 12.1 Å². The Morgan fingerprint density at radius 2 is 2.08 bits per heavy atom. The monoisotopic (exact) mass is 467 g/mol. The molecule has 138 valence electrons. The maximum atomic E-state index is 13.2. The van der Waals surface area contributed by atoms with Gasteiger partial charge in [-0.2, -0.15) is 0 Å². The van der Waals surface area contributed by atoms with Crippen molar-refractivity contribution in [3.05, 3.63) is 65.4 Å². The first-order valence-electron chi connectivity index (χ1n) is 8.27. The van der Waals surface area contributed by atoms with Gasteiger partial charge in [-0.25, -0.2) is 4.39 Å². The molecule has 0 aliphatic rings. The standard InChI is InChI=1S/C19H22FN5.HI/c1-13-3-4-14(10-23-13)11-25-19(21-2)22-8-7-15-12-24-18-9-16(20)5-6-17(15)18;/h3-6,9-10,12,24H,7-8,11H2,1-2H3,(H2,21,22,25);1H. The first kappa shape index (κ1) is 20.2. The third kappa shape index (κ3) is 5.17. The molecule has 2 aromatic heterocycles. The summed E-state index contributed by atoms with van der Waals surface area (Å²) in [6.07, 6.45) is 4.61. The highest BCUT2D eigenvalue weighted by atomic mass is 127. The number of H-pyrrole nitrogens is 1. The zero-order valence-electron chi connectivity index (χ0n) is 14.8. The molecule has 0 spiro atoms. The van der Waals surface area contributed by atoms with Crippen LogP contribution in [0.3, 0.4) is 0 Å². The summed E-state index contributed by atoms with van der Waals surface area (Å²) in [6, 6.07) is 8.86. The molecule has 3 N–H and O–H groups in total. The largest absolute Gasteiger partial charge is 0.361 e. The number of benzene rings is 1. The molecule has 3 aromatic rings. The Bertz CT molecular complexity index is 873. The van der Waals surface area contributed by atoms with E-state index >= 15 is 0 Å². The molecule has 5 nitrogen and oxygen atoms in total. The van der Waals surface area contributed by atoms with Crippen molar-refractivity contribution in [2.45, 2.75) is 19.9 Å². The predicted octanol–water partition coefficient (Wildman–Crippen LogP) is 3.54. The molecule has 0 aliphatic carbocycles. The fourth-order valence-electron chi connectivity index (χ4n) is 2.69. The number of guanidine groups is 1. The summed E-state index contributed by atoms with van der Waals surface area (Å²) in [4.78, 5) is 11.6. The maximum absolute atomic E-state index is 13.2. The second-order valence-corrected chi connectivity index (χ2v) is 5.91. The van der Waals surface area contributed by atoms with Gasteiger partial charge in [0.15, 0.2) is 5.96 Å². The van der Waals surface area contributed by atoms with E-state index in [1.807, 2.05) is 37.5 Å². The van der Waals surface area contributed by atoms with Gasteiger partial charge < -0.3 is 15.6 Å². The molecule has 0 radical (unpaired) electrons. The number of aliphatic imine (C=N–C) groups is 1. The molecule has 2 heterocycles. The fraction of sp³-hybridized carbons (Fsp3) is 0.263. The van der Waals surface area contributed by atoms with Crippen LogP contribution in [-0.4, -0.2) is 29.5 Å². The molecule has 0 unspecified atom stereocenters. The Kier molecular flexibility index (Phi) is 7.38. The van der Waals surface area contributed by atoms with Gasteiger partial charge in [0.1, 0.15) is 5.82 Å². The van der Waals surface area contributed by atoms with Crippen LogP contribution in [0.25, 0.3) is 10.9 Å². The average Bonchev–Trinajstić information content (AvgIpc) is 3.01. The van der Waals surface area contributed by atoms with Crippen molar-refractivity contribution in [1.82, 2.24) is 20.6 Å². The Balaban J connectivity index is 0.00000243. The fourth-order valence-corrected chi connectivity index (χ4v) is 2.69. The van der Waals surface area contributed by atoms with Crippen molar-refractivity contribution in [2.75, 3.05) is 13.6 Å². The Morgan fingerprint density at radius 3 is 2.81 bits per heavy atom. The molecule has 0 bridgehead atoms. The number of halogens is 2. The summed E-state index contributed by atoms with van der Waals surface area (Å²) in [6.45, 7) is 3.37. The Labute approximate surface area is 169 Å². The number of pyridine rings is 1. The summed E-state index contributed by atoms with van der Waals surface area (Å²) >= 11 is 0. The van der Waals surface area contributed by atoms with E-state index in [4.69, 9.17) is 0 Å². The molecule has 3 rings (SSSR count). The van der Waals surface area contributed by atoms with Crippen molar-refractivity contribution < 1.29 is 4.39 Å². The lowest BCUT2D eigenvalue weighted by Gasteiger charge is -2.11. The van der Waals surface area contributed by atoms with Crippen molar-refractivity contribution in [1.29, 1.82) is 0 Å². The minimum absolute atomic E-state index is 0. The second-order valence-electron chi connectivity index (χ2n) is 5.91. The van der Waals surface area contributed by atoms with Gasteiger partial charge in [0.05, 0.1) is 0 Å².